The van der Waals surface area contributed by atoms with Gasteiger partial charge in [0, 0.05) is 39.3 Å². The quantitative estimate of drug-likeness (QED) is 0.323. The third-order valence-electron chi connectivity index (χ3n) is 6.92. The SMILES string of the molecule is CC(C)(C)OC(=O)NCCN1CC2CN(CCCCc3ccc(C#N)cc3)CC(C1)O2.Cc1ccc(S(=O)(=O)O)cc1. The normalized spacial score (nSPS) is 19.2. The van der Waals surface area contributed by atoms with Crippen LogP contribution in [0.5, 0.6) is 0 Å². The van der Waals surface area contributed by atoms with Gasteiger partial charge in [-0.3, -0.25) is 14.4 Å². The smallest absolute Gasteiger partial charge is 0.407 e. The van der Waals surface area contributed by atoms with Crippen molar-refractivity contribution >= 4 is 16.2 Å². The Bertz CT molecular complexity index is 1270. The number of hydrogen-bond donors (Lipinski definition) is 2. The molecule has 2 atom stereocenters. The lowest BCUT2D eigenvalue weighted by Crippen LogP contribution is -2.60. The number of nitrogens with zero attached hydrogens (tertiary/aromatic N) is 3. The van der Waals surface area contributed by atoms with Gasteiger partial charge in [0.05, 0.1) is 28.7 Å². The Hall–Kier alpha value is -3.01. The highest BCUT2D eigenvalue weighted by Gasteiger charge is 2.34. The lowest BCUT2D eigenvalue weighted by molar-refractivity contribution is -0.138. The molecule has 0 spiro atoms. The number of aryl methyl sites for hydroxylation is 2. The average Bonchev–Trinajstić information content (AvgIpc) is 2.90. The molecule has 2 saturated heterocycles. The molecule has 2 aliphatic rings. The van der Waals surface area contributed by atoms with Gasteiger partial charge in [-0.05, 0) is 83.3 Å². The lowest BCUT2D eigenvalue weighted by atomic mass is 10.1. The summed E-state index contributed by atoms with van der Waals surface area (Å²) in [5, 5.41) is 11.7. The fraction of sp³-hybridized carbons (Fsp3) is 0.548. The minimum absolute atomic E-state index is 0.0666. The molecule has 42 heavy (non-hydrogen) atoms. The number of benzene rings is 2. The molecule has 4 rings (SSSR count). The average molecular weight is 601 g/mol. The van der Waals surface area contributed by atoms with E-state index >= 15 is 0 Å². The second kappa shape index (κ2) is 15.5. The number of alkyl carbamates (subject to hydrolysis) is 1. The number of unbranched alkanes of at least 4 members (excludes halogenated alkanes) is 1. The van der Waals surface area contributed by atoms with Gasteiger partial charge >= 0.3 is 6.09 Å². The molecule has 2 bridgehead atoms. The highest BCUT2D eigenvalue weighted by molar-refractivity contribution is 7.85. The van der Waals surface area contributed by atoms with E-state index in [1.807, 2.05) is 39.8 Å². The first-order valence-electron chi connectivity index (χ1n) is 14.4. The highest BCUT2D eigenvalue weighted by Crippen LogP contribution is 2.20. The number of carbonyl (C=O) groups is 1. The van der Waals surface area contributed by atoms with Crippen LogP contribution in [-0.2, 0) is 26.0 Å². The minimum atomic E-state index is -4.02. The Labute approximate surface area is 250 Å². The van der Waals surface area contributed by atoms with Crippen LogP contribution in [0.3, 0.4) is 0 Å². The predicted octanol–water partition coefficient (Wildman–Crippen LogP) is 4.03. The first kappa shape index (κ1) is 33.5. The second-order valence-corrected chi connectivity index (χ2v) is 13.3. The zero-order valence-corrected chi connectivity index (χ0v) is 25.9. The Balaban J connectivity index is 0.000000369. The van der Waals surface area contributed by atoms with E-state index in [-0.39, 0.29) is 23.2 Å². The first-order valence-corrected chi connectivity index (χ1v) is 15.8. The maximum absolute atomic E-state index is 11.8. The van der Waals surface area contributed by atoms with Gasteiger partial charge in [0.15, 0.2) is 0 Å². The van der Waals surface area contributed by atoms with Crippen LogP contribution in [0.15, 0.2) is 53.4 Å². The van der Waals surface area contributed by atoms with E-state index in [1.165, 1.54) is 24.1 Å². The molecule has 0 aliphatic carbocycles. The summed E-state index contributed by atoms with van der Waals surface area (Å²) >= 11 is 0. The predicted molar refractivity (Wildman–Crippen MR) is 161 cm³/mol. The van der Waals surface area contributed by atoms with E-state index in [4.69, 9.17) is 19.3 Å². The Morgan fingerprint density at radius 2 is 1.57 bits per heavy atom. The third kappa shape index (κ3) is 12.1. The molecule has 0 radical (unpaired) electrons. The van der Waals surface area contributed by atoms with Crippen molar-refractivity contribution in [2.75, 3.05) is 45.8 Å². The number of amides is 1. The van der Waals surface area contributed by atoms with Crippen molar-refractivity contribution in [2.24, 2.45) is 0 Å². The van der Waals surface area contributed by atoms with Crippen LogP contribution in [0, 0.1) is 18.3 Å². The summed E-state index contributed by atoms with van der Waals surface area (Å²) < 4.78 is 41.0. The van der Waals surface area contributed by atoms with Crippen LogP contribution < -0.4 is 5.32 Å². The first-order chi connectivity index (χ1) is 19.8. The molecule has 2 aliphatic heterocycles. The summed E-state index contributed by atoms with van der Waals surface area (Å²) in [5.74, 6) is 0. The van der Waals surface area contributed by atoms with Crippen molar-refractivity contribution in [3.63, 3.8) is 0 Å². The van der Waals surface area contributed by atoms with Gasteiger partial charge in [0.25, 0.3) is 10.1 Å². The monoisotopic (exact) mass is 600 g/mol. The van der Waals surface area contributed by atoms with Gasteiger partial charge < -0.3 is 14.8 Å². The van der Waals surface area contributed by atoms with Crippen LogP contribution in [0.4, 0.5) is 4.79 Å². The second-order valence-electron chi connectivity index (χ2n) is 11.9. The van der Waals surface area contributed by atoms with Crippen molar-refractivity contribution in [3.8, 4) is 6.07 Å². The molecule has 2 aromatic rings. The molecule has 1 amide bonds. The summed E-state index contributed by atoms with van der Waals surface area (Å²) in [7, 11) is -4.02. The molecule has 2 aromatic carbocycles. The van der Waals surface area contributed by atoms with Crippen molar-refractivity contribution < 1.29 is 27.2 Å². The summed E-state index contributed by atoms with van der Waals surface area (Å²) in [6.07, 6.45) is 3.51. The van der Waals surface area contributed by atoms with E-state index in [2.05, 4.69) is 33.3 Å². The van der Waals surface area contributed by atoms with Crippen molar-refractivity contribution in [1.29, 1.82) is 5.26 Å². The number of hydrogen-bond acceptors (Lipinski definition) is 8. The van der Waals surface area contributed by atoms with Gasteiger partial charge in [0.1, 0.15) is 5.60 Å². The molecule has 11 heteroatoms. The van der Waals surface area contributed by atoms with Gasteiger partial charge in [-0.25, -0.2) is 4.79 Å². The van der Waals surface area contributed by atoms with Crippen molar-refractivity contribution in [2.45, 2.75) is 69.7 Å². The summed E-state index contributed by atoms with van der Waals surface area (Å²) in [5.41, 5.74) is 2.51. The number of nitrogens with one attached hydrogen (secondary N) is 1. The van der Waals surface area contributed by atoms with Crippen LogP contribution in [-0.4, -0.2) is 92.5 Å². The standard InChI is InChI=1S/C24H36N4O3.C7H8O3S/c1-24(2,3)31-23(29)26-11-13-28-17-21-15-27(16-22(18-28)30-21)12-5-4-6-19-7-9-20(14-25)10-8-19;1-6-2-4-7(5-3-6)11(8,9)10/h7-10,21-22H,4-6,11-13,15-18H2,1-3H3,(H,26,29);2-5H,1H3,(H,8,9,10). The Morgan fingerprint density at radius 1 is 1.00 bits per heavy atom. The molecule has 0 saturated carbocycles. The number of rotatable bonds is 9. The van der Waals surface area contributed by atoms with E-state index < -0.39 is 15.7 Å². The van der Waals surface area contributed by atoms with Gasteiger partial charge in [-0.2, -0.15) is 13.7 Å². The fourth-order valence-corrected chi connectivity index (χ4v) is 5.46. The molecule has 2 unspecified atom stereocenters. The van der Waals surface area contributed by atoms with Crippen LogP contribution in [0.2, 0.25) is 0 Å². The zero-order chi connectivity index (χ0) is 30.8. The van der Waals surface area contributed by atoms with E-state index in [1.54, 1.807) is 12.1 Å². The van der Waals surface area contributed by atoms with Gasteiger partial charge in [-0.1, -0.05) is 29.8 Å². The number of carbonyl (C=O) groups excluding carboxylic acids is 1. The fourth-order valence-electron chi connectivity index (χ4n) is 4.98. The Morgan fingerprint density at radius 3 is 2.10 bits per heavy atom. The number of fused-ring (bicyclic) bond motifs is 2. The summed E-state index contributed by atoms with van der Waals surface area (Å²) in [4.78, 5) is 16.6. The maximum atomic E-state index is 11.8. The largest absolute Gasteiger partial charge is 0.444 e. The van der Waals surface area contributed by atoms with Crippen LogP contribution >= 0.6 is 0 Å². The third-order valence-corrected chi connectivity index (χ3v) is 7.79. The molecule has 2 fully saturated rings. The van der Waals surface area contributed by atoms with E-state index in [0.29, 0.717) is 6.54 Å². The maximum Gasteiger partial charge on any atom is 0.407 e. The summed E-state index contributed by atoms with van der Waals surface area (Å²) in [6, 6.07) is 16.1. The molecule has 230 valence electrons. The number of morpholine rings is 2. The molecule has 2 N–H and O–H groups in total. The topological polar surface area (TPSA) is 132 Å². The van der Waals surface area contributed by atoms with Gasteiger partial charge in [0.2, 0.25) is 0 Å². The molecular formula is C31H44N4O6S. The summed E-state index contributed by atoms with van der Waals surface area (Å²) in [6.45, 7) is 13.7. The van der Waals surface area contributed by atoms with Gasteiger partial charge in [-0.15, -0.1) is 0 Å². The highest BCUT2D eigenvalue weighted by atomic mass is 32.2. The van der Waals surface area contributed by atoms with E-state index in [9.17, 15) is 13.2 Å². The lowest BCUT2D eigenvalue weighted by Gasteiger charge is -2.46. The van der Waals surface area contributed by atoms with Crippen molar-refractivity contribution in [1.82, 2.24) is 15.1 Å². The zero-order valence-electron chi connectivity index (χ0n) is 25.1. The van der Waals surface area contributed by atoms with Crippen molar-refractivity contribution in [3.05, 3.63) is 65.2 Å². The number of nitriles is 1. The van der Waals surface area contributed by atoms with E-state index in [0.717, 1.165) is 63.2 Å². The van der Waals surface area contributed by atoms with Crippen LogP contribution in [0.25, 0.3) is 0 Å². The molecule has 0 aromatic heterocycles. The Kier molecular flexibility index (Phi) is 12.3. The number of ether oxygens (including phenoxy) is 2. The van der Waals surface area contributed by atoms with Crippen LogP contribution in [0.1, 0.15) is 50.3 Å². The molecule has 10 nitrogen and oxygen atoms in total. The molecular weight excluding hydrogens is 556 g/mol. The molecule has 2 heterocycles. The minimum Gasteiger partial charge on any atom is -0.444 e.